The predicted octanol–water partition coefficient (Wildman–Crippen LogP) is 6.42. The van der Waals surface area contributed by atoms with Gasteiger partial charge in [-0.15, -0.1) is 0 Å². The number of alkyl halides is 3. The van der Waals surface area contributed by atoms with Gasteiger partial charge < -0.3 is 14.8 Å². The SMILES string of the molecule is CN(C)Cc1ccc(-n2ccc3c(-c4cccc(NC(=O)c5cccc(C(F)(F)F)c5)c4)ncnc32)cc1. The number of aromatic nitrogens is 3. The lowest BCUT2D eigenvalue weighted by Crippen LogP contribution is -2.14. The van der Waals surface area contributed by atoms with E-state index in [0.29, 0.717) is 11.4 Å². The molecule has 2 heterocycles. The summed E-state index contributed by atoms with van der Waals surface area (Å²) in [7, 11) is 4.05. The van der Waals surface area contributed by atoms with Crippen molar-refractivity contribution in [3.05, 3.63) is 108 Å². The van der Waals surface area contributed by atoms with E-state index in [1.165, 1.54) is 24.0 Å². The summed E-state index contributed by atoms with van der Waals surface area (Å²) in [4.78, 5) is 23.8. The lowest BCUT2D eigenvalue weighted by Gasteiger charge is -2.11. The number of hydrogen-bond donors (Lipinski definition) is 1. The molecule has 0 bridgehead atoms. The normalized spacial score (nSPS) is 11.7. The Morgan fingerprint density at radius 3 is 2.45 bits per heavy atom. The highest BCUT2D eigenvalue weighted by Gasteiger charge is 2.30. The van der Waals surface area contributed by atoms with Gasteiger partial charge >= 0.3 is 6.18 Å². The number of halogens is 3. The Bertz CT molecular complexity index is 1610. The molecular formula is C29H24F3N5O. The maximum atomic E-state index is 13.1. The summed E-state index contributed by atoms with van der Waals surface area (Å²) in [6.45, 7) is 0.847. The van der Waals surface area contributed by atoms with Crippen molar-refractivity contribution in [2.45, 2.75) is 12.7 Å². The first-order chi connectivity index (χ1) is 18.2. The molecule has 0 saturated carbocycles. The van der Waals surface area contributed by atoms with Crippen molar-refractivity contribution in [3.63, 3.8) is 0 Å². The summed E-state index contributed by atoms with van der Waals surface area (Å²) in [6.07, 6.45) is -1.11. The third-order valence-electron chi connectivity index (χ3n) is 6.04. The van der Waals surface area contributed by atoms with Gasteiger partial charge in [-0.2, -0.15) is 13.2 Å². The topological polar surface area (TPSA) is 63.0 Å². The van der Waals surface area contributed by atoms with E-state index in [4.69, 9.17) is 0 Å². The van der Waals surface area contributed by atoms with E-state index < -0.39 is 17.6 Å². The predicted molar refractivity (Wildman–Crippen MR) is 141 cm³/mol. The van der Waals surface area contributed by atoms with Crippen LogP contribution in [0.2, 0.25) is 0 Å². The molecule has 6 nitrogen and oxygen atoms in total. The van der Waals surface area contributed by atoms with Gasteiger partial charge in [0.05, 0.1) is 11.3 Å². The maximum absolute atomic E-state index is 13.1. The Morgan fingerprint density at radius 2 is 1.71 bits per heavy atom. The highest BCUT2D eigenvalue weighted by atomic mass is 19.4. The summed E-state index contributed by atoms with van der Waals surface area (Å²) in [5, 5.41) is 3.51. The second-order valence-corrected chi connectivity index (χ2v) is 9.16. The van der Waals surface area contributed by atoms with Gasteiger partial charge in [-0.1, -0.05) is 30.3 Å². The van der Waals surface area contributed by atoms with Crippen LogP contribution < -0.4 is 5.32 Å². The number of rotatable bonds is 6. The second kappa shape index (κ2) is 10.1. The van der Waals surface area contributed by atoms with Crippen LogP contribution in [0.15, 0.2) is 91.4 Å². The van der Waals surface area contributed by atoms with Crippen molar-refractivity contribution in [3.8, 4) is 16.9 Å². The van der Waals surface area contributed by atoms with Crippen molar-refractivity contribution in [1.82, 2.24) is 19.4 Å². The molecule has 5 aromatic rings. The van der Waals surface area contributed by atoms with E-state index in [2.05, 4.69) is 32.3 Å². The van der Waals surface area contributed by atoms with E-state index in [-0.39, 0.29) is 5.56 Å². The molecule has 3 aromatic carbocycles. The Kier molecular flexibility index (Phi) is 6.69. The van der Waals surface area contributed by atoms with Gasteiger partial charge in [-0.05, 0) is 68.2 Å². The second-order valence-electron chi connectivity index (χ2n) is 9.16. The average Bonchev–Trinajstić information content (AvgIpc) is 3.33. The summed E-state index contributed by atoms with van der Waals surface area (Å²) in [5.41, 5.74) is 3.79. The Labute approximate surface area is 217 Å². The quantitative estimate of drug-likeness (QED) is 0.284. The van der Waals surface area contributed by atoms with Gasteiger partial charge in [0.25, 0.3) is 5.91 Å². The third kappa shape index (κ3) is 5.28. The van der Waals surface area contributed by atoms with Crippen LogP contribution in [0.3, 0.4) is 0 Å². The summed E-state index contributed by atoms with van der Waals surface area (Å²) in [5.74, 6) is -0.634. The fraction of sp³-hybridized carbons (Fsp3) is 0.138. The van der Waals surface area contributed by atoms with Crippen molar-refractivity contribution < 1.29 is 18.0 Å². The van der Waals surface area contributed by atoms with Gasteiger partial charge in [0.2, 0.25) is 0 Å². The standard InChI is InChI=1S/C29H24F3N5O/c1-36(2)17-19-9-11-24(12-10-19)37-14-13-25-26(33-18-34-27(25)37)20-5-4-8-23(16-20)35-28(38)21-6-3-7-22(15-21)29(30,31)32/h3-16,18H,17H2,1-2H3,(H,35,38). The van der Waals surface area contributed by atoms with E-state index >= 15 is 0 Å². The number of carbonyl (C=O) groups is 1. The number of carbonyl (C=O) groups excluding carboxylic acids is 1. The number of anilines is 1. The molecule has 0 aliphatic rings. The summed E-state index contributed by atoms with van der Waals surface area (Å²) < 4.78 is 41.1. The Hall–Kier alpha value is -4.50. The monoisotopic (exact) mass is 515 g/mol. The number of nitrogens with zero attached hydrogens (tertiary/aromatic N) is 4. The van der Waals surface area contributed by atoms with E-state index in [1.807, 2.05) is 49.1 Å². The van der Waals surface area contributed by atoms with Gasteiger partial charge in [0.15, 0.2) is 0 Å². The number of benzene rings is 3. The molecule has 0 saturated heterocycles. The highest BCUT2D eigenvalue weighted by Crippen LogP contribution is 2.31. The molecule has 0 aliphatic heterocycles. The van der Waals surface area contributed by atoms with Crippen LogP contribution in [0.5, 0.6) is 0 Å². The first kappa shape index (κ1) is 25.2. The fourth-order valence-corrected chi connectivity index (χ4v) is 4.30. The maximum Gasteiger partial charge on any atom is 0.416 e. The Morgan fingerprint density at radius 1 is 0.947 bits per heavy atom. The molecule has 2 aromatic heterocycles. The summed E-state index contributed by atoms with van der Waals surface area (Å²) >= 11 is 0. The molecule has 1 amide bonds. The number of fused-ring (bicyclic) bond motifs is 1. The van der Waals surface area contributed by atoms with Crippen LogP contribution >= 0.6 is 0 Å². The number of amides is 1. The zero-order valence-electron chi connectivity index (χ0n) is 20.7. The van der Waals surface area contributed by atoms with Crippen LogP contribution in [0, 0.1) is 0 Å². The van der Waals surface area contributed by atoms with Crippen LogP contribution in [-0.2, 0) is 12.7 Å². The van der Waals surface area contributed by atoms with Crippen molar-refractivity contribution >= 4 is 22.6 Å². The van der Waals surface area contributed by atoms with E-state index in [9.17, 15) is 18.0 Å². The van der Waals surface area contributed by atoms with Gasteiger partial charge in [0, 0.05) is 40.6 Å². The average molecular weight is 516 g/mol. The molecule has 0 radical (unpaired) electrons. The van der Waals surface area contributed by atoms with Crippen LogP contribution in [0.1, 0.15) is 21.5 Å². The minimum absolute atomic E-state index is 0.0802. The number of nitrogens with one attached hydrogen (secondary N) is 1. The third-order valence-corrected chi connectivity index (χ3v) is 6.04. The molecule has 9 heteroatoms. The molecule has 38 heavy (non-hydrogen) atoms. The summed E-state index contributed by atoms with van der Waals surface area (Å²) in [6, 6.07) is 21.5. The minimum atomic E-state index is -4.53. The molecule has 192 valence electrons. The molecule has 1 N–H and O–H groups in total. The lowest BCUT2D eigenvalue weighted by molar-refractivity contribution is -0.137. The highest BCUT2D eigenvalue weighted by molar-refractivity contribution is 6.05. The lowest BCUT2D eigenvalue weighted by atomic mass is 10.1. The van der Waals surface area contributed by atoms with Crippen molar-refractivity contribution in [2.24, 2.45) is 0 Å². The van der Waals surface area contributed by atoms with Crippen LogP contribution in [0.25, 0.3) is 28.0 Å². The van der Waals surface area contributed by atoms with Gasteiger partial charge in [-0.3, -0.25) is 4.79 Å². The first-order valence-electron chi connectivity index (χ1n) is 11.8. The molecular weight excluding hydrogens is 491 g/mol. The van der Waals surface area contributed by atoms with Crippen molar-refractivity contribution in [2.75, 3.05) is 19.4 Å². The molecule has 0 aliphatic carbocycles. The Balaban J connectivity index is 1.42. The van der Waals surface area contributed by atoms with Gasteiger partial charge in [0.1, 0.15) is 12.0 Å². The fourth-order valence-electron chi connectivity index (χ4n) is 4.30. The molecule has 5 rings (SSSR count). The van der Waals surface area contributed by atoms with Gasteiger partial charge in [-0.25, -0.2) is 9.97 Å². The van der Waals surface area contributed by atoms with Crippen LogP contribution in [0.4, 0.5) is 18.9 Å². The zero-order chi connectivity index (χ0) is 26.9. The van der Waals surface area contributed by atoms with E-state index in [0.717, 1.165) is 41.0 Å². The first-order valence-corrected chi connectivity index (χ1v) is 11.8. The van der Waals surface area contributed by atoms with E-state index in [1.54, 1.807) is 18.2 Å². The number of hydrogen-bond acceptors (Lipinski definition) is 4. The zero-order valence-corrected chi connectivity index (χ0v) is 20.7. The minimum Gasteiger partial charge on any atom is -0.322 e. The largest absolute Gasteiger partial charge is 0.416 e. The smallest absolute Gasteiger partial charge is 0.322 e. The molecule has 0 unspecified atom stereocenters. The molecule has 0 atom stereocenters. The van der Waals surface area contributed by atoms with Crippen LogP contribution in [-0.4, -0.2) is 39.4 Å². The molecule has 0 spiro atoms. The molecule has 0 fully saturated rings. The van der Waals surface area contributed by atoms with Crippen molar-refractivity contribution in [1.29, 1.82) is 0 Å².